The molecule has 0 saturated carbocycles. The molecule has 4 nitrogen and oxygen atoms in total. The molecule has 2 rings (SSSR count). The van der Waals surface area contributed by atoms with Crippen LogP contribution in [0.2, 0.25) is 0 Å². The normalized spacial score (nSPS) is 10.4. The van der Waals surface area contributed by atoms with Crippen LogP contribution in [0.15, 0.2) is 28.9 Å². The van der Waals surface area contributed by atoms with Crippen molar-refractivity contribution in [2.24, 2.45) is 0 Å². The van der Waals surface area contributed by atoms with Crippen LogP contribution in [-0.4, -0.2) is 16.1 Å². The molecule has 0 aliphatic rings. The molecular formula is C14H12BrFN2O2. The fourth-order valence-corrected chi connectivity index (χ4v) is 2.61. The van der Waals surface area contributed by atoms with Crippen LogP contribution in [-0.2, 0) is 0 Å². The van der Waals surface area contributed by atoms with Crippen molar-refractivity contribution in [2.75, 3.05) is 5.32 Å². The number of nitrogens with zero attached hydrogens (tertiary/aromatic N) is 1. The molecule has 0 spiro atoms. The van der Waals surface area contributed by atoms with Crippen molar-refractivity contribution >= 4 is 33.4 Å². The maximum absolute atomic E-state index is 13.1. The van der Waals surface area contributed by atoms with Gasteiger partial charge in [0.05, 0.1) is 6.20 Å². The SMILES string of the molecule is Cc1cc(Br)cc(C)c1Nc1ncc(F)cc1C(=O)O. The molecule has 104 valence electrons. The summed E-state index contributed by atoms with van der Waals surface area (Å²) in [6, 6.07) is 4.75. The van der Waals surface area contributed by atoms with Crippen molar-refractivity contribution in [2.45, 2.75) is 13.8 Å². The number of carboxylic acid groups (broad SMARTS) is 1. The molecule has 0 aliphatic carbocycles. The third kappa shape index (κ3) is 2.96. The summed E-state index contributed by atoms with van der Waals surface area (Å²) < 4.78 is 14.0. The van der Waals surface area contributed by atoms with Crippen molar-refractivity contribution < 1.29 is 14.3 Å². The molecule has 0 fully saturated rings. The lowest BCUT2D eigenvalue weighted by atomic mass is 10.1. The second-order valence-corrected chi connectivity index (χ2v) is 5.31. The Morgan fingerprint density at radius 2 is 1.90 bits per heavy atom. The van der Waals surface area contributed by atoms with E-state index in [-0.39, 0.29) is 11.4 Å². The lowest BCUT2D eigenvalue weighted by Gasteiger charge is -2.14. The Hall–Kier alpha value is -1.95. The maximum atomic E-state index is 13.1. The summed E-state index contributed by atoms with van der Waals surface area (Å²) in [5.74, 6) is -1.79. The monoisotopic (exact) mass is 338 g/mol. The highest BCUT2D eigenvalue weighted by Crippen LogP contribution is 2.28. The summed E-state index contributed by atoms with van der Waals surface area (Å²) in [4.78, 5) is 15.0. The number of rotatable bonds is 3. The minimum absolute atomic E-state index is 0.118. The van der Waals surface area contributed by atoms with Crippen LogP contribution in [0.4, 0.5) is 15.9 Å². The van der Waals surface area contributed by atoms with E-state index in [0.29, 0.717) is 0 Å². The first-order chi connectivity index (χ1) is 9.38. The molecule has 20 heavy (non-hydrogen) atoms. The summed E-state index contributed by atoms with van der Waals surface area (Å²) >= 11 is 3.39. The molecule has 0 atom stereocenters. The minimum atomic E-state index is -1.23. The topological polar surface area (TPSA) is 62.2 Å². The first kappa shape index (κ1) is 14.5. The molecule has 0 aliphatic heterocycles. The highest BCUT2D eigenvalue weighted by atomic mass is 79.9. The van der Waals surface area contributed by atoms with Crippen LogP contribution < -0.4 is 5.32 Å². The van der Waals surface area contributed by atoms with Crippen LogP contribution in [0.3, 0.4) is 0 Å². The van der Waals surface area contributed by atoms with Gasteiger partial charge in [0.15, 0.2) is 0 Å². The molecule has 0 saturated heterocycles. The Kier molecular flexibility index (Phi) is 4.04. The van der Waals surface area contributed by atoms with Crippen LogP contribution in [0.25, 0.3) is 0 Å². The zero-order chi connectivity index (χ0) is 14.9. The predicted octanol–water partition coefficient (Wildman–Crippen LogP) is 4.04. The second kappa shape index (κ2) is 5.58. The molecule has 1 aromatic heterocycles. The van der Waals surface area contributed by atoms with Gasteiger partial charge in [-0.15, -0.1) is 0 Å². The highest BCUT2D eigenvalue weighted by Gasteiger charge is 2.15. The van der Waals surface area contributed by atoms with Crippen LogP contribution >= 0.6 is 15.9 Å². The van der Waals surface area contributed by atoms with E-state index in [2.05, 4.69) is 26.2 Å². The van der Waals surface area contributed by atoms with Crippen molar-refractivity contribution in [3.8, 4) is 0 Å². The van der Waals surface area contributed by atoms with E-state index in [4.69, 9.17) is 5.11 Å². The standard InChI is InChI=1S/C14H12BrFN2O2/c1-7-3-9(15)4-8(2)12(7)18-13-11(14(19)20)5-10(16)6-17-13/h3-6H,1-2H3,(H,17,18)(H,19,20). The Morgan fingerprint density at radius 3 is 2.45 bits per heavy atom. The fourth-order valence-electron chi connectivity index (χ4n) is 1.93. The number of aryl methyl sites for hydroxylation is 2. The number of nitrogens with one attached hydrogen (secondary N) is 1. The lowest BCUT2D eigenvalue weighted by molar-refractivity contribution is 0.0697. The molecule has 6 heteroatoms. The van der Waals surface area contributed by atoms with E-state index in [0.717, 1.165) is 33.6 Å². The van der Waals surface area contributed by atoms with Crippen molar-refractivity contribution in [3.63, 3.8) is 0 Å². The Morgan fingerprint density at radius 1 is 1.30 bits per heavy atom. The van der Waals surface area contributed by atoms with Gasteiger partial charge in [-0.05, 0) is 43.2 Å². The number of anilines is 2. The number of hydrogen-bond donors (Lipinski definition) is 2. The minimum Gasteiger partial charge on any atom is -0.478 e. The highest BCUT2D eigenvalue weighted by molar-refractivity contribution is 9.10. The van der Waals surface area contributed by atoms with Gasteiger partial charge in [-0.1, -0.05) is 15.9 Å². The molecular weight excluding hydrogens is 327 g/mol. The lowest BCUT2D eigenvalue weighted by Crippen LogP contribution is -2.07. The summed E-state index contributed by atoms with van der Waals surface area (Å²) in [5, 5.41) is 12.1. The first-order valence-corrected chi connectivity index (χ1v) is 6.60. The largest absolute Gasteiger partial charge is 0.478 e. The Bertz CT molecular complexity index is 666. The van der Waals surface area contributed by atoms with Gasteiger partial charge in [0.1, 0.15) is 17.2 Å². The molecule has 1 heterocycles. The van der Waals surface area contributed by atoms with E-state index in [9.17, 15) is 9.18 Å². The van der Waals surface area contributed by atoms with Gasteiger partial charge in [-0.3, -0.25) is 0 Å². The third-order valence-corrected chi connectivity index (χ3v) is 3.28. The summed E-state index contributed by atoms with van der Waals surface area (Å²) in [6.07, 6.45) is 0.984. The van der Waals surface area contributed by atoms with Gasteiger partial charge in [-0.25, -0.2) is 14.2 Å². The zero-order valence-electron chi connectivity index (χ0n) is 10.9. The van der Waals surface area contributed by atoms with Crippen LogP contribution in [0.1, 0.15) is 21.5 Å². The number of halogens is 2. The molecule has 0 unspecified atom stereocenters. The number of carbonyl (C=O) groups is 1. The van der Waals surface area contributed by atoms with Gasteiger partial charge in [-0.2, -0.15) is 0 Å². The molecule has 0 radical (unpaired) electrons. The third-order valence-electron chi connectivity index (χ3n) is 2.83. The van der Waals surface area contributed by atoms with E-state index >= 15 is 0 Å². The summed E-state index contributed by atoms with van der Waals surface area (Å²) in [7, 11) is 0. The second-order valence-electron chi connectivity index (χ2n) is 4.39. The number of carboxylic acids is 1. The van der Waals surface area contributed by atoms with Crippen molar-refractivity contribution in [1.82, 2.24) is 4.98 Å². The quantitative estimate of drug-likeness (QED) is 0.886. The van der Waals surface area contributed by atoms with Crippen molar-refractivity contribution in [1.29, 1.82) is 0 Å². The van der Waals surface area contributed by atoms with Gasteiger partial charge in [0.25, 0.3) is 0 Å². The maximum Gasteiger partial charge on any atom is 0.339 e. The van der Waals surface area contributed by atoms with E-state index in [1.54, 1.807) is 0 Å². The van der Waals surface area contributed by atoms with Crippen LogP contribution in [0.5, 0.6) is 0 Å². The van der Waals surface area contributed by atoms with Gasteiger partial charge < -0.3 is 10.4 Å². The zero-order valence-corrected chi connectivity index (χ0v) is 12.5. The molecule has 2 aromatic rings. The predicted molar refractivity (Wildman–Crippen MR) is 78.1 cm³/mol. The van der Waals surface area contributed by atoms with Gasteiger partial charge in [0, 0.05) is 10.2 Å². The summed E-state index contributed by atoms with van der Waals surface area (Å²) in [5.41, 5.74) is 2.42. The molecule has 1 aromatic carbocycles. The van der Waals surface area contributed by atoms with E-state index in [1.165, 1.54) is 0 Å². The Balaban J connectivity index is 2.48. The molecule has 0 amide bonds. The Labute approximate surface area is 123 Å². The van der Waals surface area contributed by atoms with E-state index < -0.39 is 11.8 Å². The number of hydrogen-bond acceptors (Lipinski definition) is 3. The fraction of sp³-hybridized carbons (Fsp3) is 0.143. The number of aromatic carboxylic acids is 1. The average Bonchev–Trinajstić information content (AvgIpc) is 2.34. The van der Waals surface area contributed by atoms with Gasteiger partial charge in [0.2, 0.25) is 0 Å². The van der Waals surface area contributed by atoms with Gasteiger partial charge >= 0.3 is 5.97 Å². The van der Waals surface area contributed by atoms with E-state index in [1.807, 2.05) is 26.0 Å². The summed E-state index contributed by atoms with van der Waals surface area (Å²) in [6.45, 7) is 3.79. The number of pyridine rings is 1. The first-order valence-electron chi connectivity index (χ1n) is 5.81. The average molecular weight is 339 g/mol. The molecule has 2 N–H and O–H groups in total. The van der Waals surface area contributed by atoms with Crippen molar-refractivity contribution in [3.05, 3.63) is 51.4 Å². The molecule has 0 bridgehead atoms. The smallest absolute Gasteiger partial charge is 0.339 e. The number of aromatic nitrogens is 1. The number of benzene rings is 1. The van der Waals surface area contributed by atoms with Crippen LogP contribution in [0, 0.1) is 19.7 Å².